The van der Waals surface area contributed by atoms with E-state index in [0.29, 0.717) is 6.42 Å². The average Bonchev–Trinajstić information content (AvgIpc) is 2.94. The van der Waals surface area contributed by atoms with Gasteiger partial charge in [0.1, 0.15) is 0 Å². The maximum Gasteiger partial charge on any atom is 0.269 e. The number of nitro groups is 1. The highest BCUT2D eigenvalue weighted by atomic mass is 16.6. The van der Waals surface area contributed by atoms with E-state index in [1.165, 1.54) is 0 Å². The highest BCUT2D eigenvalue weighted by Crippen LogP contribution is 2.40. The Morgan fingerprint density at radius 3 is 2.91 bits per heavy atom. The molecule has 0 aromatic heterocycles. The van der Waals surface area contributed by atoms with Crippen LogP contribution >= 0.6 is 0 Å². The summed E-state index contributed by atoms with van der Waals surface area (Å²) in [6.07, 6.45) is 2.65. The van der Waals surface area contributed by atoms with Gasteiger partial charge in [-0.3, -0.25) is 14.9 Å². The molecule has 2 aliphatic rings. The van der Waals surface area contributed by atoms with Crippen LogP contribution in [0.2, 0.25) is 0 Å². The molecule has 0 unspecified atom stereocenters. The van der Waals surface area contributed by atoms with Crippen LogP contribution in [0.25, 0.3) is 0 Å². The molecule has 3 rings (SSSR count). The van der Waals surface area contributed by atoms with Crippen molar-refractivity contribution in [1.82, 2.24) is 5.32 Å². The van der Waals surface area contributed by atoms with E-state index < -0.39 is 0 Å². The summed E-state index contributed by atoms with van der Waals surface area (Å²) in [6.45, 7) is 4.82. The fourth-order valence-electron chi connectivity index (χ4n) is 3.67. The third-order valence-electron chi connectivity index (χ3n) is 4.55. The molecule has 2 aliphatic heterocycles. The molecule has 1 aromatic carbocycles. The van der Waals surface area contributed by atoms with Gasteiger partial charge in [-0.2, -0.15) is 0 Å². The van der Waals surface area contributed by atoms with Crippen LogP contribution in [0.4, 0.5) is 11.4 Å². The summed E-state index contributed by atoms with van der Waals surface area (Å²) in [5.41, 5.74) is 2.07. The zero-order chi connectivity index (χ0) is 15.9. The number of nitrogens with one attached hydrogen (secondary N) is 1. The van der Waals surface area contributed by atoms with Crippen molar-refractivity contribution in [1.29, 1.82) is 0 Å². The van der Waals surface area contributed by atoms with Gasteiger partial charge in [-0.15, -0.1) is 0 Å². The van der Waals surface area contributed by atoms with E-state index in [2.05, 4.69) is 10.2 Å². The van der Waals surface area contributed by atoms with Gasteiger partial charge < -0.3 is 10.2 Å². The first kappa shape index (κ1) is 14.8. The second kappa shape index (κ2) is 5.59. The predicted octanol–water partition coefficient (Wildman–Crippen LogP) is 2.26. The van der Waals surface area contributed by atoms with Crippen LogP contribution in [-0.4, -0.2) is 29.5 Å². The zero-order valence-corrected chi connectivity index (χ0v) is 12.9. The number of nitrogens with zero attached hydrogens (tertiary/aromatic N) is 2. The molecule has 0 saturated carbocycles. The number of non-ortho nitro benzene ring substituents is 1. The molecular formula is C16H21N3O3. The first-order valence-electron chi connectivity index (χ1n) is 7.81. The van der Waals surface area contributed by atoms with E-state index in [0.717, 1.165) is 30.6 Å². The molecule has 6 nitrogen and oxygen atoms in total. The molecule has 2 heterocycles. The number of carbonyl (C=O) groups excluding carboxylic acids is 1. The van der Waals surface area contributed by atoms with Crippen LogP contribution in [0.3, 0.4) is 0 Å². The fourth-order valence-corrected chi connectivity index (χ4v) is 3.67. The minimum absolute atomic E-state index is 0.0593. The lowest BCUT2D eigenvalue weighted by atomic mass is 9.84. The molecule has 118 valence electrons. The van der Waals surface area contributed by atoms with Gasteiger partial charge in [0.2, 0.25) is 5.91 Å². The summed E-state index contributed by atoms with van der Waals surface area (Å²) >= 11 is 0. The monoisotopic (exact) mass is 303 g/mol. The molecule has 0 spiro atoms. The number of anilines is 1. The molecule has 6 heteroatoms. The Morgan fingerprint density at radius 1 is 1.45 bits per heavy atom. The van der Waals surface area contributed by atoms with Crippen LogP contribution in [0.15, 0.2) is 18.2 Å². The summed E-state index contributed by atoms with van der Waals surface area (Å²) in [5, 5.41) is 14.0. The Balaban J connectivity index is 1.95. The first-order chi connectivity index (χ1) is 10.5. The topological polar surface area (TPSA) is 75.5 Å². The highest BCUT2D eigenvalue weighted by Gasteiger charge is 2.41. The summed E-state index contributed by atoms with van der Waals surface area (Å²) < 4.78 is 0. The van der Waals surface area contributed by atoms with E-state index in [9.17, 15) is 14.9 Å². The van der Waals surface area contributed by atoms with Gasteiger partial charge in [-0.1, -0.05) is 0 Å². The molecular weight excluding hydrogens is 282 g/mol. The molecule has 0 aliphatic carbocycles. The Labute approximate surface area is 129 Å². The number of benzene rings is 1. The van der Waals surface area contributed by atoms with Gasteiger partial charge in [0.05, 0.1) is 10.8 Å². The second-order valence-corrected chi connectivity index (χ2v) is 6.45. The lowest BCUT2D eigenvalue weighted by Gasteiger charge is -2.39. The predicted molar refractivity (Wildman–Crippen MR) is 83.9 cm³/mol. The summed E-state index contributed by atoms with van der Waals surface area (Å²) in [5.74, 6) is -0.0662. The molecule has 0 radical (unpaired) electrons. The minimum Gasteiger partial charge on any atom is -0.368 e. The second-order valence-electron chi connectivity index (χ2n) is 6.45. The summed E-state index contributed by atoms with van der Waals surface area (Å²) in [7, 11) is 0. The number of rotatable bonds is 3. The van der Waals surface area contributed by atoms with Crippen LogP contribution in [0.5, 0.6) is 0 Å². The number of carbonyl (C=O) groups is 1. The SMILES string of the molecule is CC(C)NC(=O)[C@@H]1Cc2cc([N+](=O)[O-])ccc2N2CCC[C@@H]12. The first-order valence-corrected chi connectivity index (χ1v) is 7.81. The van der Waals surface area contributed by atoms with Crippen molar-refractivity contribution in [3.8, 4) is 0 Å². The smallest absolute Gasteiger partial charge is 0.269 e. The summed E-state index contributed by atoms with van der Waals surface area (Å²) in [6, 6.07) is 5.34. The van der Waals surface area contributed by atoms with Crippen molar-refractivity contribution in [2.45, 2.75) is 45.2 Å². The van der Waals surface area contributed by atoms with Crippen molar-refractivity contribution in [3.05, 3.63) is 33.9 Å². The van der Waals surface area contributed by atoms with Gasteiger partial charge in [0.25, 0.3) is 5.69 Å². The molecule has 0 bridgehead atoms. The zero-order valence-electron chi connectivity index (χ0n) is 12.9. The van der Waals surface area contributed by atoms with E-state index in [-0.39, 0.29) is 34.5 Å². The quantitative estimate of drug-likeness (QED) is 0.686. The van der Waals surface area contributed by atoms with E-state index in [4.69, 9.17) is 0 Å². The number of fused-ring (bicyclic) bond motifs is 3. The normalized spacial score (nSPS) is 23.1. The molecule has 2 atom stereocenters. The van der Waals surface area contributed by atoms with Crippen molar-refractivity contribution in [2.24, 2.45) is 5.92 Å². The Hall–Kier alpha value is -2.11. The Morgan fingerprint density at radius 2 is 2.23 bits per heavy atom. The standard InChI is InChI=1S/C16H21N3O3/c1-10(2)17-16(20)13-9-11-8-12(19(21)22)5-6-14(11)18-7-3-4-15(13)18/h5-6,8,10,13,15H,3-4,7,9H2,1-2H3,(H,17,20)/t13-,15+/m1/s1. The van der Waals surface area contributed by atoms with Crippen molar-refractivity contribution in [3.63, 3.8) is 0 Å². The van der Waals surface area contributed by atoms with Crippen LogP contribution in [0, 0.1) is 16.0 Å². The van der Waals surface area contributed by atoms with Crippen LogP contribution in [0.1, 0.15) is 32.3 Å². The van der Waals surface area contributed by atoms with Gasteiger partial charge >= 0.3 is 0 Å². The largest absolute Gasteiger partial charge is 0.368 e. The molecule has 1 N–H and O–H groups in total. The third-order valence-corrected chi connectivity index (χ3v) is 4.55. The van der Waals surface area contributed by atoms with Gasteiger partial charge in [-0.25, -0.2) is 0 Å². The number of hydrogen-bond donors (Lipinski definition) is 1. The van der Waals surface area contributed by atoms with E-state index in [1.54, 1.807) is 12.1 Å². The fraction of sp³-hybridized carbons (Fsp3) is 0.562. The lowest BCUT2D eigenvalue weighted by molar-refractivity contribution is -0.384. The number of nitro benzene ring substituents is 1. The van der Waals surface area contributed by atoms with Crippen LogP contribution in [-0.2, 0) is 11.2 Å². The number of amides is 1. The lowest BCUT2D eigenvalue weighted by Crippen LogP contribution is -2.49. The van der Waals surface area contributed by atoms with Crippen molar-refractivity contribution in [2.75, 3.05) is 11.4 Å². The maximum atomic E-state index is 12.5. The van der Waals surface area contributed by atoms with Gasteiger partial charge in [-0.05, 0) is 44.7 Å². The van der Waals surface area contributed by atoms with E-state index in [1.807, 2.05) is 19.9 Å². The molecule has 1 saturated heterocycles. The van der Waals surface area contributed by atoms with Crippen molar-refractivity contribution < 1.29 is 9.72 Å². The van der Waals surface area contributed by atoms with Gasteiger partial charge in [0.15, 0.2) is 0 Å². The number of hydrogen-bond acceptors (Lipinski definition) is 4. The Bertz CT molecular complexity index is 615. The molecule has 1 aromatic rings. The highest BCUT2D eigenvalue weighted by molar-refractivity contribution is 5.82. The average molecular weight is 303 g/mol. The van der Waals surface area contributed by atoms with Crippen LogP contribution < -0.4 is 10.2 Å². The van der Waals surface area contributed by atoms with Gasteiger partial charge in [0, 0.05) is 36.4 Å². The minimum atomic E-state index is -0.375. The maximum absolute atomic E-state index is 12.5. The molecule has 22 heavy (non-hydrogen) atoms. The molecule has 1 fully saturated rings. The van der Waals surface area contributed by atoms with E-state index >= 15 is 0 Å². The third kappa shape index (κ3) is 2.53. The summed E-state index contributed by atoms with van der Waals surface area (Å²) in [4.78, 5) is 25.4. The Kier molecular flexibility index (Phi) is 3.76. The molecule has 1 amide bonds. The van der Waals surface area contributed by atoms with Crippen molar-refractivity contribution >= 4 is 17.3 Å².